The van der Waals surface area contributed by atoms with Crippen molar-refractivity contribution in [1.29, 1.82) is 0 Å². The summed E-state index contributed by atoms with van der Waals surface area (Å²) in [5.41, 5.74) is 0.690. The van der Waals surface area contributed by atoms with Gasteiger partial charge in [0.25, 0.3) is 0 Å². The Morgan fingerprint density at radius 1 is 1.13 bits per heavy atom. The van der Waals surface area contributed by atoms with Crippen molar-refractivity contribution in [2.24, 2.45) is 0 Å². The molecule has 1 heterocycles. The number of likely N-dealkylation sites (N-methyl/N-ethyl adjacent to an activating group) is 1. The van der Waals surface area contributed by atoms with E-state index in [4.69, 9.17) is 9.84 Å². The predicted molar refractivity (Wildman–Crippen MR) is 86.9 cm³/mol. The van der Waals surface area contributed by atoms with E-state index >= 15 is 0 Å². The molecule has 1 aliphatic rings. The van der Waals surface area contributed by atoms with Gasteiger partial charge < -0.3 is 24.5 Å². The van der Waals surface area contributed by atoms with Crippen molar-refractivity contribution in [3.8, 4) is 5.75 Å². The van der Waals surface area contributed by atoms with Gasteiger partial charge in [0.1, 0.15) is 12.3 Å². The highest BCUT2D eigenvalue weighted by molar-refractivity contribution is 5.84. The molecular formula is C16H23N3O4. The Hall–Kier alpha value is -2.28. The average Bonchev–Trinajstić information content (AvgIpc) is 2.54. The number of ether oxygens (including phenoxy) is 1. The van der Waals surface area contributed by atoms with Crippen molar-refractivity contribution in [2.45, 2.75) is 0 Å². The van der Waals surface area contributed by atoms with Gasteiger partial charge in [-0.1, -0.05) is 0 Å². The number of benzene rings is 1. The van der Waals surface area contributed by atoms with Gasteiger partial charge in [-0.25, -0.2) is 0 Å². The molecule has 0 saturated carbocycles. The second-order valence-corrected chi connectivity index (χ2v) is 5.63. The van der Waals surface area contributed by atoms with Gasteiger partial charge in [-0.15, -0.1) is 0 Å². The molecular weight excluding hydrogens is 298 g/mol. The monoisotopic (exact) mass is 321 g/mol. The van der Waals surface area contributed by atoms with E-state index in [1.165, 1.54) is 0 Å². The zero-order chi connectivity index (χ0) is 16.8. The normalized spacial score (nSPS) is 15.3. The zero-order valence-electron chi connectivity index (χ0n) is 13.6. The molecule has 0 atom stereocenters. The summed E-state index contributed by atoms with van der Waals surface area (Å²) in [6.07, 6.45) is 0. The van der Waals surface area contributed by atoms with Crippen LogP contribution in [0, 0.1) is 0 Å². The Balaban J connectivity index is 2.05. The van der Waals surface area contributed by atoms with Crippen molar-refractivity contribution in [2.75, 3.05) is 58.3 Å². The summed E-state index contributed by atoms with van der Waals surface area (Å²) in [5.74, 6) is -0.323. The van der Waals surface area contributed by atoms with E-state index in [1.807, 2.05) is 7.05 Å². The number of nitrogens with zero attached hydrogens (tertiary/aromatic N) is 3. The molecule has 2 rings (SSSR count). The van der Waals surface area contributed by atoms with Crippen LogP contribution in [0.15, 0.2) is 24.3 Å². The Morgan fingerprint density at radius 2 is 1.74 bits per heavy atom. The second-order valence-electron chi connectivity index (χ2n) is 5.63. The van der Waals surface area contributed by atoms with Crippen LogP contribution < -0.4 is 9.64 Å². The number of hydrogen-bond donors (Lipinski definition) is 1. The maximum absolute atomic E-state index is 12.4. The first-order valence-electron chi connectivity index (χ1n) is 7.56. The van der Waals surface area contributed by atoms with Gasteiger partial charge in [0, 0.05) is 31.9 Å². The van der Waals surface area contributed by atoms with Crippen molar-refractivity contribution < 1.29 is 19.4 Å². The standard InChI is InChI=1S/C16H23N3O4/c1-17-7-9-18(10-8-17)15(20)11-19(12-16(21)22)13-3-5-14(23-2)6-4-13/h3-6H,7-12H2,1-2H3,(H,21,22). The summed E-state index contributed by atoms with van der Waals surface area (Å²) in [7, 11) is 3.59. The molecule has 0 aliphatic carbocycles. The maximum atomic E-state index is 12.4. The molecule has 0 bridgehead atoms. The van der Waals surface area contributed by atoms with Crippen molar-refractivity contribution in [3.63, 3.8) is 0 Å². The fraction of sp³-hybridized carbons (Fsp3) is 0.500. The van der Waals surface area contributed by atoms with E-state index in [0.717, 1.165) is 13.1 Å². The molecule has 1 saturated heterocycles. The molecule has 0 aromatic heterocycles. The molecule has 1 fully saturated rings. The number of aliphatic carboxylic acids is 1. The van der Waals surface area contributed by atoms with E-state index in [2.05, 4.69) is 4.90 Å². The molecule has 0 radical (unpaired) electrons. The van der Waals surface area contributed by atoms with Crippen LogP contribution in [0.2, 0.25) is 0 Å². The summed E-state index contributed by atoms with van der Waals surface area (Å²) in [6.45, 7) is 2.88. The average molecular weight is 321 g/mol. The fourth-order valence-corrected chi connectivity index (χ4v) is 2.51. The van der Waals surface area contributed by atoms with Gasteiger partial charge >= 0.3 is 5.97 Å². The van der Waals surface area contributed by atoms with Crippen LogP contribution >= 0.6 is 0 Å². The van der Waals surface area contributed by atoms with Crippen molar-refractivity contribution in [3.05, 3.63) is 24.3 Å². The zero-order valence-corrected chi connectivity index (χ0v) is 13.6. The second kappa shape index (κ2) is 7.82. The highest BCUT2D eigenvalue weighted by atomic mass is 16.5. The number of hydrogen-bond acceptors (Lipinski definition) is 5. The van der Waals surface area contributed by atoms with Gasteiger partial charge in [0.15, 0.2) is 0 Å². The molecule has 0 spiro atoms. The molecule has 1 aliphatic heterocycles. The molecule has 1 aromatic rings. The van der Waals surface area contributed by atoms with Crippen LogP contribution in [0.4, 0.5) is 5.69 Å². The van der Waals surface area contributed by atoms with Crippen LogP contribution in [-0.2, 0) is 9.59 Å². The van der Waals surface area contributed by atoms with Crippen LogP contribution in [0.1, 0.15) is 0 Å². The highest BCUT2D eigenvalue weighted by Gasteiger charge is 2.22. The molecule has 7 nitrogen and oxygen atoms in total. The number of amides is 1. The number of anilines is 1. The van der Waals surface area contributed by atoms with E-state index in [0.29, 0.717) is 24.5 Å². The smallest absolute Gasteiger partial charge is 0.323 e. The lowest BCUT2D eigenvalue weighted by molar-refractivity contribution is -0.135. The summed E-state index contributed by atoms with van der Waals surface area (Å²) >= 11 is 0. The number of carboxylic acids is 1. The Bertz CT molecular complexity index is 539. The number of methoxy groups -OCH3 is 1. The quantitative estimate of drug-likeness (QED) is 0.816. The van der Waals surface area contributed by atoms with Gasteiger partial charge in [-0.2, -0.15) is 0 Å². The van der Waals surface area contributed by atoms with E-state index in [9.17, 15) is 9.59 Å². The largest absolute Gasteiger partial charge is 0.497 e. The number of piperazine rings is 1. The fourth-order valence-electron chi connectivity index (χ4n) is 2.51. The third-order valence-corrected chi connectivity index (χ3v) is 3.95. The van der Waals surface area contributed by atoms with Gasteiger partial charge in [-0.05, 0) is 31.3 Å². The maximum Gasteiger partial charge on any atom is 0.323 e. The van der Waals surface area contributed by atoms with Crippen LogP contribution in [0.5, 0.6) is 5.75 Å². The lowest BCUT2D eigenvalue weighted by Crippen LogP contribution is -2.50. The van der Waals surface area contributed by atoms with E-state index in [-0.39, 0.29) is 19.0 Å². The number of rotatable bonds is 6. The first-order valence-corrected chi connectivity index (χ1v) is 7.56. The first-order chi connectivity index (χ1) is 11.0. The van der Waals surface area contributed by atoms with Gasteiger partial charge in [0.05, 0.1) is 13.7 Å². The summed E-state index contributed by atoms with van der Waals surface area (Å²) in [6, 6.07) is 7.03. The molecule has 7 heteroatoms. The van der Waals surface area contributed by atoms with E-state index in [1.54, 1.807) is 41.2 Å². The SMILES string of the molecule is COc1ccc(N(CC(=O)O)CC(=O)N2CCN(C)CC2)cc1. The number of carboxylic acid groups (broad SMARTS) is 1. The molecule has 1 N–H and O–H groups in total. The third-order valence-electron chi connectivity index (χ3n) is 3.95. The van der Waals surface area contributed by atoms with Crippen molar-refractivity contribution in [1.82, 2.24) is 9.80 Å². The minimum absolute atomic E-state index is 0.0461. The minimum Gasteiger partial charge on any atom is -0.497 e. The first kappa shape index (κ1) is 17.1. The molecule has 1 amide bonds. The Morgan fingerprint density at radius 3 is 2.26 bits per heavy atom. The van der Waals surface area contributed by atoms with E-state index < -0.39 is 5.97 Å². The summed E-state index contributed by atoms with van der Waals surface area (Å²) in [5, 5.41) is 9.11. The molecule has 1 aromatic carbocycles. The van der Waals surface area contributed by atoms with Crippen LogP contribution in [0.3, 0.4) is 0 Å². The lowest BCUT2D eigenvalue weighted by Gasteiger charge is -2.34. The molecule has 23 heavy (non-hydrogen) atoms. The lowest BCUT2D eigenvalue weighted by atomic mass is 10.2. The van der Waals surface area contributed by atoms with Gasteiger partial charge in [-0.3, -0.25) is 9.59 Å². The van der Waals surface area contributed by atoms with Crippen LogP contribution in [0.25, 0.3) is 0 Å². The molecule has 0 unspecified atom stereocenters. The summed E-state index contributed by atoms with van der Waals surface area (Å²) < 4.78 is 5.10. The summed E-state index contributed by atoms with van der Waals surface area (Å²) in [4.78, 5) is 29.1. The van der Waals surface area contributed by atoms with Crippen molar-refractivity contribution >= 4 is 17.6 Å². The number of carbonyl (C=O) groups is 2. The Kier molecular flexibility index (Phi) is 5.81. The number of carbonyl (C=O) groups excluding carboxylic acids is 1. The highest BCUT2D eigenvalue weighted by Crippen LogP contribution is 2.19. The third kappa shape index (κ3) is 4.85. The molecule has 126 valence electrons. The Labute approximate surface area is 136 Å². The minimum atomic E-state index is -0.966. The van der Waals surface area contributed by atoms with Gasteiger partial charge in [0.2, 0.25) is 5.91 Å². The van der Waals surface area contributed by atoms with Crippen LogP contribution in [-0.4, -0.2) is 80.2 Å². The predicted octanol–water partition coefficient (Wildman–Crippen LogP) is 0.360. The topological polar surface area (TPSA) is 73.3 Å².